The maximum absolute atomic E-state index is 10.3. The summed E-state index contributed by atoms with van der Waals surface area (Å²) < 4.78 is 0. The third-order valence-corrected chi connectivity index (χ3v) is 0.888. The number of isocyanates is 1. The number of rotatable bonds is 1. The van der Waals surface area contributed by atoms with Crippen LogP contribution >= 0.6 is 15.9 Å². The first-order valence-electron chi connectivity index (χ1n) is 1.94. The molecule has 4 heteroatoms. The standard InChI is InChI=1S/C4H4BrNO2/c1-3(5)4(8)6-2-7/h3H,1H3. The molecule has 0 aromatic rings. The van der Waals surface area contributed by atoms with Gasteiger partial charge in [0.1, 0.15) is 0 Å². The summed E-state index contributed by atoms with van der Waals surface area (Å²) in [5.74, 6) is -0.500. The van der Waals surface area contributed by atoms with Crippen molar-refractivity contribution in [3.05, 3.63) is 0 Å². The Labute approximate surface area is 54.9 Å². The average molecular weight is 178 g/mol. The molecule has 0 bridgehead atoms. The molecule has 0 rings (SSSR count). The fourth-order valence-corrected chi connectivity index (χ4v) is 0.236. The zero-order valence-corrected chi connectivity index (χ0v) is 5.81. The molecule has 1 amide bonds. The number of carbonyl (C=O) groups excluding carboxylic acids is 2. The second-order valence-corrected chi connectivity index (χ2v) is 2.53. The first-order chi connectivity index (χ1) is 3.68. The Bertz CT molecular complexity index is 137. The van der Waals surface area contributed by atoms with Gasteiger partial charge in [-0.3, -0.25) is 4.79 Å². The Hall–Kier alpha value is -0.470. The third-order valence-electron chi connectivity index (χ3n) is 0.496. The SMILES string of the molecule is CC(Br)C(=O)N=C=O. The summed E-state index contributed by atoms with van der Waals surface area (Å²) in [5, 5.41) is 0. The van der Waals surface area contributed by atoms with Crippen LogP contribution in [0.15, 0.2) is 4.99 Å². The van der Waals surface area contributed by atoms with Crippen molar-refractivity contribution < 1.29 is 9.59 Å². The lowest BCUT2D eigenvalue weighted by molar-refractivity contribution is -0.116. The molecule has 0 fully saturated rings. The van der Waals surface area contributed by atoms with Crippen molar-refractivity contribution in [1.29, 1.82) is 0 Å². The van der Waals surface area contributed by atoms with E-state index in [-0.39, 0.29) is 4.83 Å². The maximum Gasteiger partial charge on any atom is 0.269 e. The highest BCUT2D eigenvalue weighted by molar-refractivity contribution is 9.10. The van der Waals surface area contributed by atoms with Crippen LogP contribution in [-0.4, -0.2) is 16.8 Å². The molecule has 0 radical (unpaired) electrons. The molecule has 1 unspecified atom stereocenters. The van der Waals surface area contributed by atoms with Crippen molar-refractivity contribution in [3.8, 4) is 0 Å². The Balaban J connectivity index is 3.84. The summed E-state index contributed by atoms with van der Waals surface area (Å²) in [6.07, 6.45) is 1.14. The van der Waals surface area contributed by atoms with E-state index in [9.17, 15) is 9.59 Å². The Morgan fingerprint density at radius 3 is 2.50 bits per heavy atom. The molecule has 0 aromatic heterocycles. The average Bonchev–Trinajstić information content (AvgIpc) is 1.67. The van der Waals surface area contributed by atoms with E-state index in [4.69, 9.17) is 0 Å². The summed E-state index contributed by atoms with van der Waals surface area (Å²) in [6, 6.07) is 0. The van der Waals surface area contributed by atoms with Crippen LogP contribution in [0.25, 0.3) is 0 Å². The highest BCUT2D eigenvalue weighted by atomic mass is 79.9. The quantitative estimate of drug-likeness (QED) is 0.336. The molecule has 0 aliphatic carbocycles. The van der Waals surface area contributed by atoms with Crippen LogP contribution in [0.1, 0.15) is 6.92 Å². The van der Waals surface area contributed by atoms with Gasteiger partial charge in [0, 0.05) is 0 Å². The van der Waals surface area contributed by atoms with E-state index < -0.39 is 5.91 Å². The number of halogens is 1. The van der Waals surface area contributed by atoms with Crippen molar-refractivity contribution in [1.82, 2.24) is 0 Å². The minimum Gasteiger partial charge on any atom is -0.271 e. The van der Waals surface area contributed by atoms with E-state index >= 15 is 0 Å². The molecule has 44 valence electrons. The largest absolute Gasteiger partial charge is 0.271 e. The molecule has 0 N–H and O–H groups in total. The highest BCUT2D eigenvalue weighted by Gasteiger charge is 2.04. The predicted molar refractivity (Wildman–Crippen MR) is 31.5 cm³/mol. The van der Waals surface area contributed by atoms with Crippen molar-refractivity contribution in [3.63, 3.8) is 0 Å². The van der Waals surface area contributed by atoms with Gasteiger partial charge in [-0.1, -0.05) is 15.9 Å². The summed E-state index contributed by atoms with van der Waals surface area (Å²) >= 11 is 2.92. The van der Waals surface area contributed by atoms with Crippen molar-refractivity contribution in [2.24, 2.45) is 4.99 Å². The van der Waals surface area contributed by atoms with Crippen LogP contribution < -0.4 is 0 Å². The monoisotopic (exact) mass is 177 g/mol. The summed E-state index contributed by atoms with van der Waals surface area (Å²) in [6.45, 7) is 1.59. The fraction of sp³-hybridized carbons (Fsp3) is 0.500. The molecule has 0 aliphatic rings. The first-order valence-corrected chi connectivity index (χ1v) is 2.86. The van der Waals surface area contributed by atoms with Crippen LogP contribution in [0, 0.1) is 0 Å². The van der Waals surface area contributed by atoms with Gasteiger partial charge in [-0.15, -0.1) is 4.99 Å². The summed E-state index contributed by atoms with van der Waals surface area (Å²) in [7, 11) is 0. The topological polar surface area (TPSA) is 46.5 Å². The second kappa shape index (κ2) is 3.52. The molecule has 0 heterocycles. The smallest absolute Gasteiger partial charge is 0.269 e. The molecule has 0 saturated carbocycles. The molecule has 0 aromatic carbocycles. The van der Waals surface area contributed by atoms with Crippen LogP contribution in [0.5, 0.6) is 0 Å². The molecular formula is C4H4BrNO2. The molecule has 8 heavy (non-hydrogen) atoms. The number of nitrogens with zero attached hydrogens (tertiary/aromatic N) is 1. The maximum atomic E-state index is 10.3. The zero-order chi connectivity index (χ0) is 6.57. The van der Waals surface area contributed by atoms with Crippen LogP contribution in [0.4, 0.5) is 0 Å². The molecule has 0 spiro atoms. The van der Waals surface area contributed by atoms with Crippen LogP contribution in [0.3, 0.4) is 0 Å². The van der Waals surface area contributed by atoms with E-state index in [2.05, 4.69) is 20.9 Å². The molecular weight excluding hydrogens is 174 g/mol. The van der Waals surface area contributed by atoms with Gasteiger partial charge in [0.15, 0.2) is 0 Å². The van der Waals surface area contributed by atoms with Gasteiger partial charge >= 0.3 is 0 Å². The van der Waals surface area contributed by atoms with Gasteiger partial charge in [-0.25, -0.2) is 4.79 Å². The summed E-state index contributed by atoms with van der Waals surface area (Å²) in [5.41, 5.74) is 0. The van der Waals surface area contributed by atoms with Gasteiger partial charge < -0.3 is 0 Å². The molecule has 3 nitrogen and oxygen atoms in total. The van der Waals surface area contributed by atoms with Gasteiger partial charge in [0.2, 0.25) is 6.08 Å². The second-order valence-electron chi connectivity index (χ2n) is 1.16. The number of alkyl halides is 1. The molecule has 1 atom stereocenters. The van der Waals surface area contributed by atoms with Crippen LogP contribution in [-0.2, 0) is 9.59 Å². The van der Waals surface area contributed by atoms with E-state index in [0.29, 0.717) is 0 Å². The third kappa shape index (κ3) is 2.66. The highest BCUT2D eigenvalue weighted by Crippen LogP contribution is 1.97. The van der Waals surface area contributed by atoms with Crippen molar-refractivity contribution in [2.45, 2.75) is 11.8 Å². The lowest BCUT2D eigenvalue weighted by Gasteiger charge is -1.87. The van der Waals surface area contributed by atoms with E-state index in [1.54, 1.807) is 6.92 Å². The fourth-order valence-electron chi connectivity index (χ4n) is 0.134. The number of amides is 1. The predicted octanol–water partition coefficient (Wildman–Crippen LogP) is 0.632. The Kier molecular flexibility index (Phi) is 3.31. The van der Waals surface area contributed by atoms with E-state index in [1.807, 2.05) is 0 Å². The van der Waals surface area contributed by atoms with Crippen molar-refractivity contribution >= 4 is 27.9 Å². The minimum atomic E-state index is -0.500. The lowest BCUT2D eigenvalue weighted by atomic mass is 10.5. The van der Waals surface area contributed by atoms with Crippen molar-refractivity contribution in [2.75, 3.05) is 0 Å². The van der Waals surface area contributed by atoms with E-state index in [0.717, 1.165) is 6.08 Å². The van der Waals surface area contributed by atoms with Gasteiger partial charge in [0.05, 0.1) is 4.83 Å². The number of aliphatic imine (C=N–C) groups is 1. The number of carbonyl (C=O) groups is 1. The Morgan fingerprint density at radius 2 is 2.38 bits per heavy atom. The summed E-state index contributed by atoms with van der Waals surface area (Å²) in [4.78, 5) is 22.1. The van der Waals surface area contributed by atoms with E-state index in [1.165, 1.54) is 0 Å². The molecule has 0 aliphatic heterocycles. The normalized spacial score (nSPS) is 11.8. The Morgan fingerprint density at radius 1 is 1.88 bits per heavy atom. The van der Waals surface area contributed by atoms with Crippen LogP contribution in [0.2, 0.25) is 0 Å². The lowest BCUT2D eigenvalue weighted by Crippen LogP contribution is -2.04. The van der Waals surface area contributed by atoms with Gasteiger partial charge in [-0.05, 0) is 6.92 Å². The zero-order valence-electron chi connectivity index (χ0n) is 4.22. The minimum absolute atomic E-state index is 0.385. The van der Waals surface area contributed by atoms with Gasteiger partial charge in [0.25, 0.3) is 5.91 Å². The first kappa shape index (κ1) is 7.53. The number of hydrogen-bond donors (Lipinski definition) is 0. The van der Waals surface area contributed by atoms with Gasteiger partial charge in [-0.2, -0.15) is 0 Å². The number of hydrogen-bond acceptors (Lipinski definition) is 2. The molecule has 0 saturated heterocycles.